The number of anilines is 1. The van der Waals surface area contributed by atoms with Crippen molar-refractivity contribution < 1.29 is 14.3 Å². The Morgan fingerprint density at radius 1 is 1.15 bits per heavy atom. The van der Waals surface area contributed by atoms with Gasteiger partial charge in [0, 0.05) is 12.6 Å². The molecule has 2 rings (SSSR count). The molecule has 0 spiro atoms. The molecule has 2 aromatic carbocycles. The van der Waals surface area contributed by atoms with Crippen molar-refractivity contribution in [2.75, 3.05) is 5.32 Å². The van der Waals surface area contributed by atoms with Crippen LogP contribution in [0.1, 0.15) is 23.6 Å². The van der Waals surface area contributed by atoms with Gasteiger partial charge in [0.25, 0.3) is 5.91 Å². The van der Waals surface area contributed by atoms with E-state index in [-0.39, 0.29) is 5.57 Å². The minimum absolute atomic E-state index is 0.0447. The number of nitriles is 1. The van der Waals surface area contributed by atoms with Crippen LogP contribution in [-0.4, -0.2) is 11.9 Å². The first-order valence-electron chi connectivity index (χ1n) is 7.89. The first-order valence-corrected chi connectivity index (χ1v) is 9.48. The number of hydrogen-bond donors (Lipinski definition) is 1. The van der Waals surface area contributed by atoms with Crippen LogP contribution in [0.15, 0.2) is 44.9 Å². The molecule has 0 saturated heterocycles. The molecule has 0 aliphatic carbocycles. The average molecular weight is 492 g/mol. The van der Waals surface area contributed by atoms with Crippen LogP contribution in [-0.2, 0) is 9.59 Å². The first-order chi connectivity index (χ1) is 12.7. The fraction of sp³-hybridized carbons (Fsp3) is 0.150. The Hall–Kier alpha value is -2.43. The number of ether oxygens (including phenoxy) is 1. The smallest absolute Gasteiger partial charge is 0.308 e. The van der Waals surface area contributed by atoms with Crippen molar-refractivity contribution in [2.24, 2.45) is 0 Å². The van der Waals surface area contributed by atoms with E-state index < -0.39 is 11.9 Å². The molecule has 0 radical (unpaired) electrons. The first kappa shape index (κ1) is 20.9. The van der Waals surface area contributed by atoms with Gasteiger partial charge in [0.05, 0.1) is 8.95 Å². The zero-order valence-electron chi connectivity index (χ0n) is 14.9. The summed E-state index contributed by atoms with van der Waals surface area (Å²) in [5.74, 6) is -0.616. The summed E-state index contributed by atoms with van der Waals surface area (Å²) in [5, 5.41) is 12.2. The van der Waals surface area contributed by atoms with Gasteiger partial charge in [0.15, 0.2) is 5.75 Å². The summed E-state index contributed by atoms with van der Waals surface area (Å²) in [6.45, 7) is 5.08. The number of halogens is 2. The normalized spacial score (nSPS) is 10.9. The number of benzene rings is 2. The van der Waals surface area contributed by atoms with Gasteiger partial charge < -0.3 is 10.1 Å². The summed E-state index contributed by atoms with van der Waals surface area (Å²) in [6, 6.07) is 10.9. The van der Waals surface area contributed by atoms with E-state index in [1.54, 1.807) is 12.1 Å². The zero-order valence-corrected chi connectivity index (χ0v) is 18.1. The van der Waals surface area contributed by atoms with Crippen molar-refractivity contribution in [1.29, 1.82) is 5.26 Å². The van der Waals surface area contributed by atoms with E-state index in [0.29, 0.717) is 25.9 Å². The van der Waals surface area contributed by atoms with E-state index in [4.69, 9.17) is 4.74 Å². The number of carbonyl (C=O) groups is 2. The summed E-state index contributed by atoms with van der Waals surface area (Å²) in [5.41, 5.74) is 3.07. The van der Waals surface area contributed by atoms with Crippen LogP contribution in [0.3, 0.4) is 0 Å². The number of nitrogens with one attached hydrogen (secondary N) is 1. The molecular formula is C20H16Br2N2O3. The minimum Gasteiger partial charge on any atom is -0.424 e. The Morgan fingerprint density at radius 3 is 2.19 bits per heavy atom. The van der Waals surface area contributed by atoms with Crippen molar-refractivity contribution in [3.8, 4) is 11.8 Å². The fourth-order valence-electron chi connectivity index (χ4n) is 2.41. The van der Waals surface area contributed by atoms with Gasteiger partial charge in [-0.2, -0.15) is 5.26 Å². The molecule has 1 N–H and O–H groups in total. The maximum atomic E-state index is 12.5. The highest BCUT2D eigenvalue weighted by molar-refractivity contribution is 9.11. The molecule has 0 atom stereocenters. The number of aryl methyl sites for hydroxylation is 2. The second kappa shape index (κ2) is 8.98. The van der Waals surface area contributed by atoms with E-state index in [9.17, 15) is 14.9 Å². The third kappa shape index (κ3) is 5.28. The van der Waals surface area contributed by atoms with Gasteiger partial charge in [-0.3, -0.25) is 9.59 Å². The van der Waals surface area contributed by atoms with Crippen LogP contribution in [0.2, 0.25) is 0 Å². The Kier molecular flexibility index (Phi) is 6.94. The highest BCUT2D eigenvalue weighted by Gasteiger charge is 2.15. The van der Waals surface area contributed by atoms with Crippen molar-refractivity contribution >= 4 is 55.5 Å². The third-order valence-electron chi connectivity index (χ3n) is 3.66. The lowest BCUT2D eigenvalue weighted by molar-refractivity contribution is -0.132. The van der Waals surface area contributed by atoms with Crippen molar-refractivity contribution in [2.45, 2.75) is 20.8 Å². The van der Waals surface area contributed by atoms with Crippen molar-refractivity contribution in [1.82, 2.24) is 0 Å². The lowest BCUT2D eigenvalue weighted by Gasteiger charge is -2.11. The molecule has 0 fully saturated rings. The minimum atomic E-state index is -0.494. The molecule has 0 saturated carbocycles. The van der Waals surface area contributed by atoms with Gasteiger partial charge in [0.1, 0.15) is 11.6 Å². The summed E-state index contributed by atoms with van der Waals surface area (Å²) >= 11 is 6.66. The predicted octanol–water partition coefficient (Wildman–Crippen LogP) is 5.30. The van der Waals surface area contributed by atoms with Crippen LogP contribution >= 0.6 is 31.9 Å². The van der Waals surface area contributed by atoms with Gasteiger partial charge in [-0.25, -0.2) is 0 Å². The quantitative estimate of drug-likeness (QED) is 0.272. The number of hydrogen-bond acceptors (Lipinski definition) is 4. The van der Waals surface area contributed by atoms with Gasteiger partial charge in [-0.15, -0.1) is 0 Å². The molecule has 0 aromatic heterocycles. The van der Waals surface area contributed by atoms with E-state index in [0.717, 1.165) is 11.1 Å². The van der Waals surface area contributed by atoms with Crippen LogP contribution in [0.5, 0.6) is 5.75 Å². The van der Waals surface area contributed by atoms with Gasteiger partial charge in [-0.05, 0) is 80.6 Å². The molecule has 0 heterocycles. The SMILES string of the molecule is CC(=O)Oc1c(Br)cc(/C=C(\C#N)C(=O)Nc2c(C)cccc2C)cc1Br. The third-order valence-corrected chi connectivity index (χ3v) is 4.84. The molecule has 1 amide bonds. The topological polar surface area (TPSA) is 79.2 Å². The number of amides is 1. The Balaban J connectivity index is 2.34. The maximum Gasteiger partial charge on any atom is 0.308 e. The van der Waals surface area contributed by atoms with E-state index >= 15 is 0 Å². The molecule has 27 heavy (non-hydrogen) atoms. The Morgan fingerprint density at radius 2 is 1.70 bits per heavy atom. The molecule has 0 aliphatic heterocycles. The Labute approximate surface area is 174 Å². The van der Waals surface area contributed by atoms with Crippen LogP contribution in [0, 0.1) is 25.2 Å². The lowest BCUT2D eigenvalue weighted by atomic mass is 10.1. The second-order valence-corrected chi connectivity index (χ2v) is 7.51. The zero-order chi connectivity index (χ0) is 20.1. The fourth-order valence-corrected chi connectivity index (χ4v) is 3.80. The largest absolute Gasteiger partial charge is 0.424 e. The monoisotopic (exact) mass is 490 g/mol. The van der Waals surface area contributed by atoms with Crippen LogP contribution in [0.25, 0.3) is 6.08 Å². The number of esters is 1. The highest BCUT2D eigenvalue weighted by Crippen LogP contribution is 2.35. The molecule has 2 aromatic rings. The van der Waals surface area contributed by atoms with Crippen LogP contribution < -0.4 is 10.1 Å². The summed E-state index contributed by atoms with van der Waals surface area (Å²) in [6.07, 6.45) is 1.47. The number of para-hydroxylation sites is 1. The molecule has 7 heteroatoms. The standard InChI is InChI=1S/C20H16Br2N2O3/c1-11-5-4-6-12(2)18(11)24-20(26)15(10-23)7-14-8-16(21)19(17(22)9-14)27-13(3)25/h4-9H,1-3H3,(H,24,26)/b15-7+. The summed E-state index contributed by atoms with van der Waals surface area (Å²) in [7, 11) is 0. The van der Waals surface area contributed by atoms with E-state index in [1.807, 2.05) is 38.1 Å². The predicted molar refractivity (Wildman–Crippen MR) is 111 cm³/mol. The number of nitrogens with zero attached hydrogens (tertiary/aromatic N) is 1. The Bertz CT molecular complexity index is 948. The molecule has 0 bridgehead atoms. The molecule has 138 valence electrons. The number of carbonyl (C=O) groups excluding carboxylic acids is 2. The summed E-state index contributed by atoms with van der Waals surface area (Å²) in [4.78, 5) is 23.7. The molecular weight excluding hydrogens is 476 g/mol. The van der Waals surface area contributed by atoms with Gasteiger partial charge in [-0.1, -0.05) is 18.2 Å². The number of rotatable bonds is 4. The summed E-state index contributed by atoms with van der Waals surface area (Å²) < 4.78 is 6.16. The maximum absolute atomic E-state index is 12.5. The van der Waals surface area contributed by atoms with Crippen molar-refractivity contribution in [3.63, 3.8) is 0 Å². The average Bonchev–Trinajstić information content (AvgIpc) is 2.59. The molecule has 0 aliphatic rings. The van der Waals surface area contributed by atoms with E-state index in [2.05, 4.69) is 37.2 Å². The van der Waals surface area contributed by atoms with Gasteiger partial charge >= 0.3 is 5.97 Å². The van der Waals surface area contributed by atoms with Crippen molar-refractivity contribution in [3.05, 3.63) is 61.5 Å². The van der Waals surface area contributed by atoms with Crippen LogP contribution in [0.4, 0.5) is 5.69 Å². The van der Waals surface area contributed by atoms with E-state index in [1.165, 1.54) is 13.0 Å². The molecule has 0 unspecified atom stereocenters. The lowest BCUT2D eigenvalue weighted by Crippen LogP contribution is -2.15. The molecule has 5 nitrogen and oxygen atoms in total. The van der Waals surface area contributed by atoms with Gasteiger partial charge in [0.2, 0.25) is 0 Å². The highest BCUT2D eigenvalue weighted by atomic mass is 79.9. The second-order valence-electron chi connectivity index (χ2n) is 5.80.